The van der Waals surface area contributed by atoms with E-state index >= 15 is 0 Å². The zero-order valence-corrected chi connectivity index (χ0v) is 19.3. The number of nitrogens with one attached hydrogen (secondary N) is 1. The number of nitrogens with zero attached hydrogens (tertiary/aromatic N) is 1. The van der Waals surface area contributed by atoms with Gasteiger partial charge in [0.2, 0.25) is 5.91 Å². The zero-order valence-electron chi connectivity index (χ0n) is 19.3. The smallest absolute Gasteiger partial charge is 0.365 e. The van der Waals surface area contributed by atoms with Crippen LogP contribution in [0, 0.1) is 23.2 Å². The summed E-state index contributed by atoms with van der Waals surface area (Å²) in [6.07, 6.45) is 2.07. The highest BCUT2D eigenvalue weighted by molar-refractivity contribution is 6.06. The van der Waals surface area contributed by atoms with Crippen LogP contribution in [0.25, 0.3) is 0 Å². The third-order valence-electron chi connectivity index (χ3n) is 8.01. The number of carbonyl (C=O) groups is 2. The summed E-state index contributed by atoms with van der Waals surface area (Å²) in [5.74, 6) is 0.142. The van der Waals surface area contributed by atoms with Gasteiger partial charge >= 0.3 is 5.97 Å². The Bertz CT molecular complexity index is 1090. The van der Waals surface area contributed by atoms with Crippen molar-refractivity contribution in [2.45, 2.75) is 47.0 Å². The average Bonchev–Trinajstić information content (AvgIpc) is 3.08. The number of methoxy groups -OCH3 is 1. The number of ether oxygens (including phenoxy) is 1. The highest BCUT2D eigenvalue weighted by atomic mass is 16.7. The lowest BCUT2D eigenvalue weighted by Crippen LogP contribution is -2.43. The van der Waals surface area contributed by atoms with Gasteiger partial charge in [-0.1, -0.05) is 38.1 Å². The van der Waals surface area contributed by atoms with Crippen molar-refractivity contribution < 1.29 is 19.2 Å². The van der Waals surface area contributed by atoms with Crippen molar-refractivity contribution in [1.29, 1.82) is 0 Å². The molecule has 2 bridgehead atoms. The molecule has 1 N–H and O–H groups in total. The molecule has 2 aliphatic rings. The van der Waals surface area contributed by atoms with Gasteiger partial charge in [-0.3, -0.25) is 4.79 Å². The zero-order chi connectivity index (χ0) is 23.1. The Balaban J connectivity index is 1.56. The number of rotatable bonds is 5. The summed E-state index contributed by atoms with van der Waals surface area (Å²) in [4.78, 5) is 31.4. The van der Waals surface area contributed by atoms with Gasteiger partial charge in [0, 0.05) is 17.5 Å². The summed E-state index contributed by atoms with van der Waals surface area (Å²) in [5.41, 5.74) is 1.80. The van der Waals surface area contributed by atoms with Crippen LogP contribution in [-0.2, 0) is 9.63 Å². The van der Waals surface area contributed by atoms with Crippen molar-refractivity contribution in [1.82, 2.24) is 0 Å². The molecule has 0 aromatic heterocycles. The fourth-order valence-corrected chi connectivity index (χ4v) is 5.37. The Morgan fingerprint density at radius 1 is 1.03 bits per heavy atom. The summed E-state index contributed by atoms with van der Waals surface area (Å²) >= 11 is 0. The summed E-state index contributed by atoms with van der Waals surface area (Å²) in [7, 11) is 1.57. The average molecular weight is 435 g/mol. The van der Waals surface area contributed by atoms with E-state index in [1.165, 1.54) is 0 Å². The predicted octanol–water partition coefficient (Wildman–Crippen LogP) is 5.37. The SMILES string of the molecule is COc1ccc(C(=O)ON=C2CC3(C(=O)Nc4cccc(C)c4)CCC2(C)C3(C)C)cc1. The Hall–Kier alpha value is -3.15. The molecule has 32 heavy (non-hydrogen) atoms. The molecule has 6 heteroatoms. The molecule has 2 unspecified atom stereocenters. The molecule has 0 heterocycles. The van der Waals surface area contributed by atoms with Gasteiger partial charge in [-0.15, -0.1) is 0 Å². The molecule has 0 saturated heterocycles. The van der Waals surface area contributed by atoms with E-state index in [1.54, 1.807) is 31.4 Å². The van der Waals surface area contributed by atoms with E-state index in [2.05, 4.69) is 31.2 Å². The second-order valence-electron chi connectivity index (χ2n) is 9.68. The number of anilines is 1. The monoisotopic (exact) mass is 434 g/mol. The van der Waals surface area contributed by atoms with Crippen molar-refractivity contribution in [3.8, 4) is 5.75 Å². The van der Waals surface area contributed by atoms with E-state index in [-0.39, 0.29) is 16.7 Å². The predicted molar refractivity (Wildman–Crippen MR) is 124 cm³/mol. The third-order valence-corrected chi connectivity index (χ3v) is 8.01. The highest BCUT2D eigenvalue weighted by Gasteiger charge is 2.71. The number of fused-ring (bicyclic) bond motifs is 2. The largest absolute Gasteiger partial charge is 0.497 e. The molecule has 2 fully saturated rings. The second-order valence-corrected chi connectivity index (χ2v) is 9.68. The first-order valence-electron chi connectivity index (χ1n) is 10.9. The summed E-state index contributed by atoms with van der Waals surface area (Å²) in [6, 6.07) is 14.5. The van der Waals surface area contributed by atoms with Gasteiger partial charge in [-0.05, 0) is 67.1 Å². The first-order valence-corrected chi connectivity index (χ1v) is 10.9. The van der Waals surface area contributed by atoms with Gasteiger partial charge in [0.05, 0.1) is 23.8 Å². The van der Waals surface area contributed by atoms with Gasteiger partial charge < -0.3 is 14.9 Å². The Kier molecular flexibility index (Phi) is 5.35. The van der Waals surface area contributed by atoms with Gasteiger partial charge in [-0.25, -0.2) is 4.79 Å². The lowest BCUT2D eigenvalue weighted by atomic mass is 9.64. The van der Waals surface area contributed by atoms with Crippen LogP contribution < -0.4 is 10.1 Å². The van der Waals surface area contributed by atoms with E-state index in [4.69, 9.17) is 9.57 Å². The van der Waals surface area contributed by atoms with Gasteiger partial charge in [0.15, 0.2) is 0 Å². The number of carbonyl (C=O) groups excluding carboxylic acids is 2. The maximum Gasteiger partial charge on any atom is 0.365 e. The van der Waals surface area contributed by atoms with Crippen LogP contribution in [-0.4, -0.2) is 24.7 Å². The number of hydrogen-bond acceptors (Lipinski definition) is 5. The number of aryl methyl sites for hydroxylation is 1. The van der Waals surface area contributed by atoms with Crippen LogP contribution in [0.1, 0.15) is 56.0 Å². The van der Waals surface area contributed by atoms with Crippen LogP contribution in [0.3, 0.4) is 0 Å². The molecule has 2 saturated carbocycles. The first kappa shape index (κ1) is 22.1. The molecule has 168 valence electrons. The first-order chi connectivity index (χ1) is 15.1. The van der Waals surface area contributed by atoms with Crippen LogP contribution in [0.5, 0.6) is 5.75 Å². The molecule has 2 atom stereocenters. The van der Waals surface area contributed by atoms with Crippen molar-refractivity contribution in [2.75, 3.05) is 12.4 Å². The molecule has 0 aliphatic heterocycles. The lowest BCUT2D eigenvalue weighted by Gasteiger charge is -2.39. The number of oxime groups is 1. The minimum absolute atomic E-state index is 0.00325. The Morgan fingerprint density at radius 2 is 1.75 bits per heavy atom. The molecular formula is C26H30N2O4. The summed E-state index contributed by atoms with van der Waals surface area (Å²) in [6.45, 7) is 8.39. The maximum atomic E-state index is 13.5. The maximum absolute atomic E-state index is 13.5. The molecule has 0 spiro atoms. The minimum atomic E-state index is -0.600. The molecule has 2 aromatic carbocycles. The molecular weight excluding hydrogens is 404 g/mol. The van der Waals surface area contributed by atoms with E-state index in [0.29, 0.717) is 17.7 Å². The van der Waals surface area contributed by atoms with E-state index in [9.17, 15) is 9.59 Å². The number of hydrogen-bond donors (Lipinski definition) is 1. The van der Waals surface area contributed by atoms with Crippen LogP contribution >= 0.6 is 0 Å². The van der Waals surface area contributed by atoms with Gasteiger partial charge in [-0.2, -0.15) is 0 Å². The molecule has 2 aliphatic carbocycles. The topological polar surface area (TPSA) is 77.0 Å². The standard InChI is InChI=1S/C26H30N2O4/c1-17-7-6-8-19(15-17)27-23(30)26-14-13-25(4,24(26,2)3)21(16-26)28-32-22(29)18-9-11-20(31-5)12-10-18/h6-12,15H,13-14,16H2,1-5H3,(H,27,30). The molecule has 0 radical (unpaired) electrons. The lowest BCUT2D eigenvalue weighted by molar-refractivity contribution is -0.130. The van der Waals surface area contributed by atoms with Crippen molar-refractivity contribution >= 4 is 23.3 Å². The van der Waals surface area contributed by atoms with E-state index in [1.807, 2.05) is 31.2 Å². The normalized spacial score (nSPS) is 26.7. The van der Waals surface area contributed by atoms with Gasteiger partial charge in [0.25, 0.3) is 0 Å². The molecule has 2 aromatic rings. The van der Waals surface area contributed by atoms with E-state index in [0.717, 1.165) is 29.8 Å². The Labute approximate surface area is 189 Å². The minimum Gasteiger partial charge on any atom is -0.497 e. The summed E-state index contributed by atoms with van der Waals surface area (Å²) in [5, 5.41) is 7.42. The fourth-order valence-electron chi connectivity index (χ4n) is 5.37. The molecule has 4 rings (SSSR count). The van der Waals surface area contributed by atoms with Crippen molar-refractivity contribution in [3.63, 3.8) is 0 Å². The van der Waals surface area contributed by atoms with Crippen LogP contribution in [0.15, 0.2) is 53.7 Å². The third kappa shape index (κ3) is 3.29. The van der Waals surface area contributed by atoms with Gasteiger partial charge in [0.1, 0.15) is 5.75 Å². The van der Waals surface area contributed by atoms with E-state index < -0.39 is 11.4 Å². The molecule has 6 nitrogen and oxygen atoms in total. The van der Waals surface area contributed by atoms with Crippen LogP contribution in [0.4, 0.5) is 5.69 Å². The summed E-state index contributed by atoms with van der Waals surface area (Å²) < 4.78 is 5.12. The fraction of sp³-hybridized carbons (Fsp3) is 0.423. The quantitative estimate of drug-likeness (QED) is 0.507. The van der Waals surface area contributed by atoms with Crippen LogP contribution in [0.2, 0.25) is 0 Å². The van der Waals surface area contributed by atoms with Crippen molar-refractivity contribution in [3.05, 3.63) is 59.7 Å². The van der Waals surface area contributed by atoms with Crippen molar-refractivity contribution in [2.24, 2.45) is 21.4 Å². The number of amides is 1. The number of benzene rings is 2. The molecule has 1 amide bonds. The highest BCUT2D eigenvalue weighted by Crippen LogP contribution is 2.71. The Morgan fingerprint density at radius 3 is 2.41 bits per heavy atom. The second kappa shape index (κ2) is 7.76.